The van der Waals surface area contributed by atoms with Gasteiger partial charge < -0.3 is 20.7 Å². The second-order valence-corrected chi connectivity index (χ2v) is 6.93. The molecule has 0 fully saturated rings. The van der Waals surface area contributed by atoms with Crippen LogP contribution in [0.25, 0.3) is 0 Å². The van der Waals surface area contributed by atoms with Gasteiger partial charge in [0.2, 0.25) is 5.91 Å². The molecule has 8 heteroatoms. The molecule has 0 heterocycles. The first-order chi connectivity index (χ1) is 11.2. The summed E-state index contributed by atoms with van der Waals surface area (Å²) in [5.41, 5.74) is -0.255. The first-order valence-corrected chi connectivity index (χ1v) is 8.25. The van der Waals surface area contributed by atoms with Crippen molar-refractivity contribution in [2.75, 3.05) is 20.1 Å². The van der Waals surface area contributed by atoms with Crippen LogP contribution in [0.15, 0.2) is 29.3 Å². The molecule has 6 nitrogen and oxygen atoms in total. The Morgan fingerprint density at radius 3 is 2.56 bits per heavy atom. The quantitative estimate of drug-likeness (QED) is 0.331. The summed E-state index contributed by atoms with van der Waals surface area (Å²) in [6.45, 7) is 8.44. The van der Waals surface area contributed by atoms with E-state index in [2.05, 4.69) is 20.9 Å². The van der Waals surface area contributed by atoms with E-state index >= 15 is 0 Å². The average Bonchev–Trinajstić information content (AvgIpc) is 2.45. The number of carbonyl (C=O) groups is 1. The van der Waals surface area contributed by atoms with E-state index in [-0.39, 0.29) is 48.1 Å². The topological polar surface area (TPSA) is 74.8 Å². The Balaban J connectivity index is 0.00000576. The minimum Gasteiger partial charge on any atom is -0.489 e. The summed E-state index contributed by atoms with van der Waals surface area (Å²) >= 11 is 5.93. The highest BCUT2D eigenvalue weighted by Gasteiger charge is 2.14. The Bertz CT molecular complexity index is 576. The van der Waals surface area contributed by atoms with Gasteiger partial charge in [0.25, 0.3) is 0 Å². The van der Waals surface area contributed by atoms with Crippen molar-refractivity contribution in [3.05, 3.63) is 29.3 Å². The molecule has 1 aromatic carbocycles. The predicted octanol–water partition coefficient (Wildman–Crippen LogP) is 2.81. The van der Waals surface area contributed by atoms with Crippen molar-refractivity contribution in [3.8, 4) is 5.75 Å². The number of rotatable bonds is 6. The maximum absolute atomic E-state index is 11.8. The Hall–Kier alpha value is -1.22. The summed E-state index contributed by atoms with van der Waals surface area (Å²) < 4.78 is 5.77. The summed E-state index contributed by atoms with van der Waals surface area (Å²) in [6.07, 6.45) is -0.0922. The molecule has 0 spiro atoms. The van der Waals surface area contributed by atoms with E-state index in [1.807, 2.05) is 39.8 Å². The van der Waals surface area contributed by atoms with Crippen LogP contribution >= 0.6 is 35.6 Å². The lowest BCUT2D eigenvalue weighted by atomic mass is 10.1. The molecule has 1 rings (SSSR count). The zero-order chi connectivity index (χ0) is 18.2. The zero-order valence-electron chi connectivity index (χ0n) is 15.4. The van der Waals surface area contributed by atoms with Crippen molar-refractivity contribution in [1.82, 2.24) is 16.0 Å². The summed E-state index contributed by atoms with van der Waals surface area (Å²) in [5, 5.41) is 9.61. The molecule has 1 amide bonds. The second kappa shape index (κ2) is 11.4. The number of nitrogens with zero attached hydrogens (tertiary/aromatic N) is 1. The fraction of sp³-hybridized carbons (Fsp3) is 0.529. The van der Waals surface area contributed by atoms with Crippen LogP contribution in [-0.4, -0.2) is 43.6 Å². The molecule has 0 aromatic heterocycles. The maximum atomic E-state index is 11.8. The van der Waals surface area contributed by atoms with Gasteiger partial charge in [0.1, 0.15) is 11.9 Å². The van der Waals surface area contributed by atoms with Gasteiger partial charge in [0.05, 0.1) is 13.1 Å². The number of nitrogens with one attached hydrogen (secondary N) is 3. The van der Waals surface area contributed by atoms with E-state index in [0.29, 0.717) is 23.3 Å². The molecule has 0 radical (unpaired) electrons. The molecule has 3 N–H and O–H groups in total. The molecular formula is C17H28ClIN4O2. The Labute approximate surface area is 172 Å². The Kier molecular flexibility index (Phi) is 10.8. The number of aliphatic imine (C=N–C) groups is 1. The second-order valence-electron chi connectivity index (χ2n) is 6.49. The lowest BCUT2D eigenvalue weighted by molar-refractivity contribution is -0.121. The minimum absolute atomic E-state index is 0. The van der Waals surface area contributed by atoms with Gasteiger partial charge in [0.15, 0.2) is 5.96 Å². The number of hydrogen-bond acceptors (Lipinski definition) is 3. The fourth-order valence-electron chi connectivity index (χ4n) is 1.90. The summed E-state index contributed by atoms with van der Waals surface area (Å²) in [4.78, 5) is 15.9. The monoisotopic (exact) mass is 482 g/mol. The van der Waals surface area contributed by atoms with Crippen LogP contribution < -0.4 is 20.7 Å². The van der Waals surface area contributed by atoms with Crippen LogP contribution in [0.2, 0.25) is 5.02 Å². The summed E-state index contributed by atoms with van der Waals surface area (Å²) in [7, 11) is 1.65. The number of guanidine groups is 1. The standard InChI is InChI=1S/C17H27ClN4O2.HI/c1-12(24-14-8-6-7-13(18)9-14)10-20-16(19-5)21-11-15(23)22-17(2,3)4;/h6-9,12H,10-11H2,1-5H3,(H,22,23)(H2,19,20,21);1H. The third kappa shape index (κ3) is 11.1. The maximum Gasteiger partial charge on any atom is 0.239 e. The molecule has 0 aliphatic rings. The number of carbonyl (C=O) groups excluding carboxylic acids is 1. The summed E-state index contributed by atoms with van der Waals surface area (Å²) in [5.74, 6) is 1.17. The van der Waals surface area contributed by atoms with Gasteiger partial charge in [-0.3, -0.25) is 9.79 Å². The third-order valence-electron chi connectivity index (χ3n) is 2.84. The molecule has 0 saturated carbocycles. The normalized spacial score (nSPS) is 12.6. The van der Waals surface area contributed by atoms with E-state index in [1.54, 1.807) is 19.2 Å². The average molecular weight is 483 g/mol. The van der Waals surface area contributed by atoms with Gasteiger partial charge in [-0.1, -0.05) is 17.7 Å². The molecular weight excluding hydrogens is 455 g/mol. The highest BCUT2D eigenvalue weighted by Crippen LogP contribution is 2.18. The molecule has 25 heavy (non-hydrogen) atoms. The lowest BCUT2D eigenvalue weighted by Crippen LogP contribution is -2.49. The highest BCUT2D eigenvalue weighted by atomic mass is 127. The largest absolute Gasteiger partial charge is 0.489 e. The molecule has 1 unspecified atom stereocenters. The third-order valence-corrected chi connectivity index (χ3v) is 3.08. The van der Waals surface area contributed by atoms with Crippen molar-refractivity contribution >= 4 is 47.4 Å². The number of benzene rings is 1. The molecule has 0 aliphatic carbocycles. The van der Waals surface area contributed by atoms with Crippen molar-refractivity contribution in [1.29, 1.82) is 0 Å². The minimum atomic E-state index is -0.255. The van der Waals surface area contributed by atoms with E-state index in [4.69, 9.17) is 16.3 Å². The highest BCUT2D eigenvalue weighted by molar-refractivity contribution is 14.0. The van der Waals surface area contributed by atoms with E-state index in [1.165, 1.54) is 0 Å². The van der Waals surface area contributed by atoms with Crippen LogP contribution in [-0.2, 0) is 4.79 Å². The lowest BCUT2D eigenvalue weighted by Gasteiger charge is -2.21. The smallest absolute Gasteiger partial charge is 0.239 e. The van der Waals surface area contributed by atoms with Gasteiger partial charge in [-0.15, -0.1) is 24.0 Å². The first-order valence-electron chi connectivity index (χ1n) is 7.87. The van der Waals surface area contributed by atoms with Gasteiger partial charge >= 0.3 is 0 Å². The van der Waals surface area contributed by atoms with Crippen molar-refractivity contribution in [2.24, 2.45) is 4.99 Å². The van der Waals surface area contributed by atoms with Crippen LogP contribution in [0.5, 0.6) is 5.75 Å². The number of amides is 1. The van der Waals surface area contributed by atoms with Gasteiger partial charge in [-0.2, -0.15) is 0 Å². The molecule has 0 saturated heterocycles. The van der Waals surface area contributed by atoms with Crippen molar-refractivity contribution in [3.63, 3.8) is 0 Å². The van der Waals surface area contributed by atoms with Crippen molar-refractivity contribution in [2.45, 2.75) is 39.3 Å². The van der Waals surface area contributed by atoms with Gasteiger partial charge in [-0.25, -0.2) is 0 Å². The van der Waals surface area contributed by atoms with E-state index in [9.17, 15) is 4.79 Å². The number of halogens is 2. The summed E-state index contributed by atoms with van der Waals surface area (Å²) in [6, 6.07) is 7.26. The fourth-order valence-corrected chi connectivity index (χ4v) is 2.08. The molecule has 0 bridgehead atoms. The van der Waals surface area contributed by atoms with Crippen LogP contribution in [0.3, 0.4) is 0 Å². The SMILES string of the molecule is CN=C(NCC(=O)NC(C)(C)C)NCC(C)Oc1cccc(Cl)c1.I. The van der Waals surface area contributed by atoms with E-state index < -0.39 is 0 Å². The molecule has 1 aromatic rings. The zero-order valence-corrected chi connectivity index (χ0v) is 18.4. The van der Waals surface area contributed by atoms with Gasteiger partial charge in [0, 0.05) is 17.6 Å². The predicted molar refractivity (Wildman–Crippen MR) is 114 cm³/mol. The number of hydrogen-bond donors (Lipinski definition) is 3. The Morgan fingerprint density at radius 1 is 1.32 bits per heavy atom. The van der Waals surface area contributed by atoms with Gasteiger partial charge in [-0.05, 0) is 45.9 Å². The van der Waals surface area contributed by atoms with Crippen molar-refractivity contribution < 1.29 is 9.53 Å². The van der Waals surface area contributed by atoms with Crippen LogP contribution in [0.4, 0.5) is 0 Å². The number of ether oxygens (including phenoxy) is 1. The first kappa shape index (κ1) is 23.8. The van der Waals surface area contributed by atoms with Crippen LogP contribution in [0.1, 0.15) is 27.7 Å². The Morgan fingerprint density at radius 2 is 2.00 bits per heavy atom. The molecule has 1 atom stereocenters. The van der Waals surface area contributed by atoms with Crippen LogP contribution in [0, 0.1) is 0 Å². The molecule has 142 valence electrons. The molecule has 0 aliphatic heterocycles. The van der Waals surface area contributed by atoms with E-state index in [0.717, 1.165) is 0 Å².